The van der Waals surface area contributed by atoms with Crippen molar-refractivity contribution in [2.24, 2.45) is 17.8 Å². The molecule has 6 fully saturated rings. The van der Waals surface area contributed by atoms with E-state index >= 15 is 0 Å². The van der Waals surface area contributed by atoms with Gasteiger partial charge in [0.05, 0.1) is 22.8 Å². The maximum absolute atomic E-state index is 7.84. The van der Waals surface area contributed by atoms with Gasteiger partial charge in [0, 0.05) is 12.1 Å². The van der Waals surface area contributed by atoms with Gasteiger partial charge in [-0.25, -0.2) is 0 Å². The van der Waals surface area contributed by atoms with Crippen molar-refractivity contribution in [3.8, 4) is 0 Å². The molecule has 4 bridgehead atoms. The lowest BCUT2D eigenvalue weighted by Gasteiger charge is -2.58. The highest BCUT2D eigenvalue weighted by molar-refractivity contribution is 7.87. The number of hydrogen-bond acceptors (Lipinski definition) is 5. The Bertz CT molecular complexity index is 775. The number of nitrogens with one attached hydrogen (secondary N) is 1. The van der Waals surface area contributed by atoms with E-state index in [9.17, 15) is 0 Å². The summed E-state index contributed by atoms with van der Waals surface area (Å²) in [6.07, 6.45) is 8.04. The van der Waals surface area contributed by atoms with Gasteiger partial charge in [0.2, 0.25) is 0 Å². The van der Waals surface area contributed by atoms with Gasteiger partial charge >= 0.3 is 0 Å². The van der Waals surface area contributed by atoms with Gasteiger partial charge in [-0.15, -0.1) is 0 Å². The molecule has 2 aliphatic heterocycles. The molecule has 9 heteroatoms. The van der Waals surface area contributed by atoms with Crippen LogP contribution in [0, 0.1) is 17.8 Å². The van der Waals surface area contributed by atoms with Crippen molar-refractivity contribution in [3.05, 3.63) is 0 Å². The molecule has 5 nitrogen and oxygen atoms in total. The standard InChI is InChI=1S/C27H55NO4Si4/c1-26(2)30-24-23(32-36(33(3,4)5,34(6,7)8)35(9,10)11)22(29-25(24)31-26)18-28-27-15-19-12-20(16-27)14-21(13-19)17-27/h19-25,28H,12-18H2,1-11H3/t19?,20?,21?,22-,23+,24-,25-,27?/m1/s1. The molecule has 0 aromatic carbocycles. The molecule has 6 aliphatic rings. The van der Waals surface area contributed by atoms with Gasteiger partial charge < -0.3 is 24.0 Å². The Balaban J connectivity index is 1.43. The van der Waals surface area contributed by atoms with E-state index in [1.165, 1.54) is 38.5 Å². The summed E-state index contributed by atoms with van der Waals surface area (Å²) >= 11 is 0. The van der Waals surface area contributed by atoms with E-state index in [1.54, 1.807) is 0 Å². The summed E-state index contributed by atoms with van der Waals surface area (Å²) in [5, 5.41) is 4.14. The monoisotopic (exact) mass is 569 g/mol. The highest BCUT2D eigenvalue weighted by atomic mass is 29.9. The summed E-state index contributed by atoms with van der Waals surface area (Å²) in [5.74, 6) is 2.21. The normalized spacial score (nSPS) is 42.2. The average Bonchev–Trinajstić information content (AvgIpc) is 3.11. The van der Waals surface area contributed by atoms with E-state index in [0.29, 0.717) is 5.54 Å². The van der Waals surface area contributed by atoms with Crippen LogP contribution < -0.4 is 5.32 Å². The molecule has 0 aromatic heterocycles. The topological polar surface area (TPSA) is 49.0 Å². The number of rotatable bonds is 8. The van der Waals surface area contributed by atoms with Crippen LogP contribution in [0.5, 0.6) is 0 Å². The van der Waals surface area contributed by atoms with Crippen LogP contribution in [-0.2, 0) is 18.6 Å². The maximum Gasteiger partial charge on any atom is 0.190 e. The van der Waals surface area contributed by atoms with Crippen LogP contribution in [0.15, 0.2) is 0 Å². The van der Waals surface area contributed by atoms with Gasteiger partial charge in [0.15, 0.2) is 18.9 Å². The molecule has 0 radical (unpaired) electrons. The van der Waals surface area contributed by atoms with Gasteiger partial charge in [0.1, 0.15) is 18.3 Å². The average molecular weight is 570 g/mol. The Kier molecular flexibility index (Phi) is 6.92. The number of fused-ring (bicyclic) bond motifs is 1. The second kappa shape index (κ2) is 8.83. The van der Waals surface area contributed by atoms with Crippen molar-refractivity contribution in [3.63, 3.8) is 0 Å². The maximum atomic E-state index is 7.84. The lowest BCUT2D eigenvalue weighted by molar-refractivity contribution is -0.213. The van der Waals surface area contributed by atoms with E-state index in [2.05, 4.69) is 64.2 Å². The van der Waals surface area contributed by atoms with Crippen LogP contribution in [0.1, 0.15) is 52.4 Å². The minimum absolute atomic E-state index is 0.0000274. The number of ether oxygens (including phenoxy) is 3. The first-order chi connectivity index (χ1) is 16.3. The van der Waals surface area contributed by atoms with E-state index in [0.717, 1.165) is 24.3 Å². The molecule has 0 spiro atoms. The fourth-order valence-corrected chi connectivity index (χ4v) is 105. The first kappa shape index (κ1) is 28.2. The molecular formula is C27H55NO4Si4. The Hall–Kier alpha value is 0.668. The van der Waals surface area contributed by atoms with Crippen LogP contribution in [0.4, 0.5) is 0 Å². The smallest absolute Gasteiger partial charge is 0.190 e. The first-order valence-corrected chi connectivity index (χ1v) is 30.2. The fourth-order valence-electron chi connectivity index (χ4n) is 10.6. The third-order valence-electron chi connectivity index (χ3n) is 10.3. The third kappa shape index (κ3) is 4.68. The molecule has 0 aromatic rings. The molecule has 0 amide bonds. The summed E-state index contributed by atoms with van der Waals surface area (Å²) in [7, 11) is -4.79. The van der Waals surface area contributed by atoms with Crippen molar-refractivity contribution in [2.75, 3.05) is 6.54 Å². The molecule has 36 heavy (non-hydrogen) atoms. The van der Waals surface area contributed by atoms with Crippen LogP contribution >= 0.6 is 0 Å². The Morgan fingerprint density at radius 2 is 1.22 bits per heavy atom. The van der Waals surface area contributed by atoms with E-state index in [-0.39, 0.29) is 24.6 Å². The highest BCUT2D eigenvalue weighted by Crippen LogP contribution is 2.56. The van der Waals surface area contributed by atoms with Gasteiger partial charge in [-0.1, -0.05) is 58.9 Å². The van der Waals surface area contributed by atoms with Gasteiger partial charge in [0.25, 0.3) is 0 Å². The predicted molar refractivity (Wildman–Crippen MR) is 158 cm³/mol. The lowest BCUT2D eigenvalue weighted by atomic mass is 9.53. The summed E-state index contributed by atoms with van der Waals surface area (Å²) in [6.45, 7) is 26.3. The molecule has 4 saturated carbocycles. The lowest BCUT2D eigenvalue weighted by Crippen LogP contribution is -2.85. The molecule has 4 aliphatic carbocycles. The van der Waals surface area contributed by atoms with Crippen molar-refractivity contribution in [2.45, 2.75) is 147 Å². The Morgan fingerprint density at radius 3 is 1.67 bits per heavy atom. The second-order valence-electron chi connectivity index (χ2n) is 16.7. The molecule has 6 rings (SSSR count). The zero-order valence-electron chi connectivity index (χ0n) is 25.1. The molecule has 0 unspecified atom stereocenters. The molecule has 2 saturated heterocycles. The molecular weight excluding hydrogens is 515 g/mol. The summed E-state index contributed by atoms with van der Waals surface area (Å²) in [5.41, 5.74) is 0.326. The van der Waals surface area contributed by atoms with Crippen LogP contribution in [0.25, 0.3) is 0 Å². The van der Waals surface area contributed by atoms with Crippen molar-refractivity contribution in [1.82, 2.24) is 5.32 Å². The minimum atomic E-state index is -2.04. The largest absolute Gasteiger partial charge is 0.417 e. The van der Waals surface area contributed by atoms with Crippen molar-refractivity contribution < 1.29 is 18.6 Å². The molecule has 208 valence electrons. The van der Waals surface area contributed by atoms with Gasteiger partial charge in [-0.05, 0) is 70.1 Å². The Labute approximate surface area is 224 Å². The Morgan fingerprint density at radius 1 is 0.750 bits per heavy atom. The van der Waals surface area contributed by atoms with Crippen LogP contribution in [0.2, 0.25) is 58.9 Å². The molecule has 1 N–H and O–H groups in total. The summed E-state index contributed by atoms with van der Waals surface area (Å²) < 4.78 is 27.4. The summed E-state index contributed by atoms with van der Waals surface area (Å²) in [4.78, 5) is 0. The highest BCUT2D eigenvalue weighted by Gasteiger charge is 2.67. The third-order valence-corrected chi connectivity index (χ3v) is 77.8. The second-order valence-corrected chi connectivity index (χ2v) is 56.2. The van der Waals surface area contributed by atoms with Crippen LogP contribution in [0.3, 0.4) is 0 Å². The van der Waals surface area contributed by atoms with E-state index in [4.69, 9.17) is 18.6 Å². The van der Waals surface area contributed by atoms with Gasteiger partial charge in [-0.3, -0.25) is 0 Å². The number of hydrogen-bond donors (Lipinski definition) is 1. The SMILES string of the molecule is CC1(C)O[C@H]2O[C@H](CNC34CC5CC(CC(C5)C3)C4)[C@H](O[Si]([Si](C)(C)C)([Si](C)(C)C)[Si](C)(C)C)[C@H]2O1. The predicted octanol–water partition coefficient (Wildman–Crippen LogP) is 6.00. The zero-order chi connectivity index (χ0) is 26.5. The van der Waals surface area contributed by atoms with Gasteiger partial charge in [-0.2, -0.15) is 0 Å². The van der Waals surface area contributed by atoms with Crippen molar-refractivity contribution >= 4 is 29.6 Å². The molecule has 2 heterocycles. The minimum Gasteiger partial charge on any atom is -0.417 e. The summed E-state index contributed by atoms with van der Waals surface area (Å²) in [6, 6.07) is 0. The first-order valence-electron chi connectivity index (χ1n) is 14.8. The van der Waals surface area contributed by atoms with Crippen LogP contribution in [-0.4, -0.2) is 72.1 Å². The zero-order valence-corrected chi connectivity index (χ0v) is 29.1. The van der Waals surface area contributed by atoms with E-state index < -0.39 is 35.4 Å². The quantitative estimate of drug-likeness (QED) is 0.363. The van der Waals surface area contributed by atoms with Crippen molar-refractivity contribution in [1.29, 1.82) is 0 Å². The van der Waals surface area contributed by atoms with E-state index in [1.807, 2.05) is 13.8 Å². The fraction of sp³-hybridized carbons (Fsp3) is 1.00. The molecule has 4 atom stereocenters.